The highest BCUT2D eigenvalue weighted by Gasteiger charge is 2.71. The van der Waals surface area contributed by atoms with Crippen molar-refractivity contribution in [3.05, 3.63) is 187 Å². The van der Waals surface area contributed by atoms with Gasteiger partial charge >= 0.3 is 0 Å². The van der Waals surface area contributed by atoms with Crippen molar-refractivity contribution in [2.75, 3.05) is 9.80 Å². The lowest BCUT2D eigenvalue weighted by Crippen LogP contribution is -2.61. The number of fused-ring (bicyclic) bond motifs is 13. The van der Waals surface area contributed by atoms with Gasteiger partial charge in [0, 0.05) is 57.2 Å². The predicted molar refractivity (Wildman–Crippen MR) is 241 cm³/mol. The lowest BCUT2D eigenvalue weighted by molar-refractivity contribution is 0.0255. The zero-order valence-corrected chi connectivity index (χ0v) is 32.5. The molecule has 59 heavy (non-hydrogen) atoms. The number of hydrogen-bond donors (Lipinski definition) is 0. The summed E-state index contributed by atoms with van der Waals surface area (Å²) in [5, 5.41) is 0. The van der Waals surface area contributed by atoms with Crippen LogP contribution in [0.2, 0.25) is 0 Å². The van der Waals surface area contributed by atoms with E-state index in [9.17, 15) is 0 Å². The highest BCUT2D eigenvalue weighted by Crippen LogP contribution is 2.77. The van der Waals surface area contributed by atoms with Crippen molar-refractivity contribution in [1.82, 2.24) is 9.97 Å². The van der Waals surface area contributed by atoms with Crippen LogP contribution in [0.4, 0.5) is 34.1 Å². The standard InChI is InChI=1S/C54H39BN4/c1-2-15-35(16-3-1)58-47-25-8-6-21-43(47)55-44-22-7-9-26-48(44)59(52-37(45-23-10-12-27-56-45)18-14-19-38(52)46-24-11-13-28-57-46)49-32-42-50(53(58)51(49)55)36-17-4-5-20-40(36)54(42)34-29-33-30-41(54)39(33)31-34/h1-28,32-34,39,41H,29-31H2. The monoisotopic (exact) mass is 754 g/mol. The van der Waals surface area contributed by atoms with Crippen molar-refractivity contribution >= 4 is 57.2 Å². The van der Waals surface area contributed by atoms with Gasteiger partial charge in [0.25, 0.3) is 6.71 Å². The molecule has 0 saturated heterocycles. The van der Waals surface area contributed by atoms with Gasteiger partial charge in [-0.25, -0.2) is 0 Å². The maximum atomic E-state index is 5.02. The van der Waals surface area contributed by atoms with Gasteiger partial charge in [-0.3, -0.25) is 9.97 Å². The molecular weight excluding hydrogens is 715 g/mol. The van der Waals surface area contributed by atoms with Crippen LogP contribution in [0.1, 0.15) is 30.4 Å². The van der Waals surface area contributed by atoms with Gasteiger partial charge in [-0.05, 0) is 131 Å². The summed E-state index contributed by atoms with van der Waals surface area (Å²) in [5.74, 6) is 3.04. The Hall–Kier alpha value is -6.72. The Morgan fingerprint density at radius 3 is 1.80 bits per heavy atom. The van der Waals surface area contributed by atoms with E-state index in [1.54, 1.807) is 11.1 Å². The zero-order chi connectivity index (χ0) is 38.4. The summed E-state index contributed by atoms with van der Waals surface area (Å²) < 4.78 is 0. The molecule has 1 spiro atoms. The second-order valence-corrected chi connectivity index (χ2v) is 17.6. The van der Waals surface area contributed by atoms with Crippen LogP contribution in [0.3, 0.4) is 0 Å². The SMILES string of the molecule is c1ccc(N2c3ccccc3B3c4ccccc4N(c4c(-c5ccccn5)cccc4-c4ccccn4)c4cc5c(c2c43)-c2ccccc2C52C3CC4CC2C4C3)cc1. The Kier molecular flexibility index (Phi) is 6.40. The molecule has 5 atom stereocenters. The van der Waals surface area contributed by atoms with Crippen LogP contribution in [0, 0.1) is 23.7 Å². The topological polar surface area (TPSA) is 32.3 Å². The van der Waals surface area contributed by atoms with Gasteiger partial charge in [-0.2, -0.15) is 0 Å². The molecule has 6 aromatic carbocycles. The van der Waals surface area contributed by atoms with Gasteiger partial charge in [0.05, 0.1) is 22.8 Å². The van der Waals surface area contributed by atoms with E-state index in [4.69, 9.17) is 9.97 Å². The summed E-state index contributed by atoms with van der Waals surface area (Å²) in [6.45, 7) is 0.0334. The fraction of sp³-hybridized carbons (Fsp3) is 0.148. The van der Waals surface area contributed by atoms with E-state index >= 15 is 0 Å². The van der Waals surface area contributed by atoms with E-state index in [0.29, 0.717) is 11.8 Å². The van der Waals surface area contributed by atoms with Crippen molar-refractivity contribution < 1.29 is 0 Å². The van der Waals surface area contributed by atoms with E-state index in [1.165, 1.54) is 75.2 Å². The fourth-order valence-corrected chi connectivity index (χ4v) is 13.4. The molecule has 8 aromatic rings. The first-order chi connectivity index (χ1) is 29.3. The molecule has 2 bridgehead atoms. The van der Waals surface area contributed by atoms with Crippen LogP contribution < -0.4 is 26.2 Å². The summed E-state index contributed by atoms with van der Waals surface area (Å²) >= 11 is 0. The van der Waals surface area contributed by atoms with Crippen LogP contribution >= 0.6 is 0 Å². The lowest BCUT2D eigenvalue weighted by atomic mass is 9.33. The molecule has 2 aliphatic heterocycles. The first kappa shape index (κ1) is 32.3. The molecule has 0 N–H and O–H groups in total. The summed E-state index contributed by atoms with van der Waals surface area (Å²) in [4.78, 5) is 15.3. The third-order valence-corrected chi connectivity index (χ3v) is 15.3. The minimum absolute atomic E-state index is 0.00134. The molecule has 14 rings (SSSR count). The van der Waals surface area contributed by atoms with Crippen molar-refractivity contribution in [3.8, 4) is 33.6 Å². The third-order valence-electron chi connectivity index (χ3n) is 15.3. The van der Waals surface area contributed by atoms with Gasteiger partial charge in [-0.1, -0.05) is 109 Å². The predicted octanol–water partition coefficient (Wildman–Crippen LogP) is 10.8. The zero-order valence-electron chi connectivity index (χ0n) is 32.5. The van der Waals surface area contributed by atoms with E-state index in [0.717, 1.165) is 40.0 Å². The highest BCUT2D eigenvalue weighted by molar-refractivity contribution is 7.00. The number of nitrogens with zero attached hydrogens (tertiary/aromatic N) is 4. The molecule has 5 heteroatoms. The van der Waals surface area contributed by atoms with Gasteiger partial charge in [0.15, 0.2) is 0 Å². The van der Waals surface area contributed by atoms with Crippen molar-refractivity contribution in [1.29, 1.82) is 0 Å². The van der Waals surface area contributed by atoms with Crippen LogP contribution in [0.5, 0.6) is 0 Å². The smallest absolute Gasteiger partial charge is 0.252 e. The molecule has 5 unspecified atom stereocenters. The largest absolute Gasteiger partial charge is 0.311 e. The summed E-state index contributed by atoms with van der Waals surface area (Å²) in [6.07, 6.45) is 7.87. The maximum absolute atomic E-state index is 5.02. The first-order valence-electron chi connectivity index (χ1n) is 21.4. The average Bonchev–Trinajstić information content (AvgIpc) is 3.87. The van der Waals surface area contributed by atoms with Gasteiger partial charge < -0.3 is 9.80 Å². The minimum atomic E-state index is -0.00134. The Bertz CT molecular complexity index is 2980. The van der Waals surface area contributed by atoms with Gasteiger partial charge in [0.2, 0.25) is 0 Å². The van der Waals surface area contributed by atoms with E-state index in [1.807, 2.05) is 24.5 Å². The summed E-state index contributed by atoms with van der Waals surface area (Å²) in [6, 6.07) is 61.0. The number of aromatic nitrogens is 2. The molecule has 278 valence electrons. The molecule has 2 aromatic heterocycles. The van der Waals surface area contributed by atoms with Crippen LogP contribution in [-0.2, 0) is 5.41 Å². The fourth-order valence-electron chi connectivity index (χ4n) is 13.4. The lowest BCUT2D eigenvalue weighted by Gasteiger charge is -2.54. The van der Waals surface area contributed by atoms with E-state index < -0.39 is 0 Å². The molecule has 3 saturated carbocycles. The molecule has 4 aliphatic carbocycles. The van der Waals surface area contributed by atoms with Crippen LogP contribution in [0.25, 0.3) is 33.6 Å². The highest BCUT2D eigenvalue weighted by atomic mass is 15.2. The van der Waals surface area contributed by atoms with E-state index in [-0.39, 0.29) is 12.1 Å². The quantitative estimate of drug-likeness (QED) is 0.168. The maximum Gasteiger partial charge on any atom is 0.252 e. The van der Waals surface area contributed by atoms with Crippen molar-refractivity contribution in [3.63, 3.8) is 0 Å². The number of hydrogen-bond acceptors (Lipinski definition) is 4. The van der Waals surface area contributed by atoms with Gasteiger partial charge in [-0.15, -0.1) is 0 Å². The molecule has 3 fully saturated rings. The molecule has 0 amide bonds. The number of benzene rings is 6. The molecular formula is C54H39BN4. The number of rotatable bonds is 4. The Balaban J connectivity index is 1.18. The number of pyridine rings is 2. The molecule has 0 radical (unpaired) electrons. The average molecular weight is 755 g/mol. The Labute approximate surface area is 344 Å². The van der Waals surface area contributed by atoms with E-state index in [2.05, 4.69) is 161 Å². The molecule has 4 nitrogen and oxygen atoms in total. The second-order valence-electron chi connectivity index (χ2n) is 17.6. The second kappa shape index (κ2) is 11.7. The number of para-hydroxylation sites is 4. The normalized spacial score (nSPS) is 23.0. The third kappa shape index (κ3) is 4.01. The first-order valence-corrected chi connectivity index (χ1v) is 21.4. The molecule has 4 heterocycles. The molecule has 6 aliphatic rings. The Morgan fingerprint density at radius 1 is 0.508 bits per heavy atom. The Morgan fingerprint density at radius 2 is 1.14 bits per heavy atom. The van der Waals surface area contributed by atoms with Gasteiger partial charge in [0.1, 0.15) is 0 Å². The summed E-state index contributed by atoms with van der Waals surface area (Å²) in [5.41, 5.74) is 21.5. The van der Waals surface area contributed by atoms with Crippen LogP contribution in [0.15, 0.2) is 176 Å². The number of anilines is 6. The summed E-state index contributed by atoms with van der Waals surface area (Å²) in [7, 11) is 0. The van der Waals surface area contributed by atoms with Crippen molar-refractivity contribution in [2.45, 2.75) is 24.7 Å². The van der Waals surface area contributed by atoms with Crippen molar-refractivity contribution in [2.24, 2.45) is 23.7 Å². The van der Waals surface area contributed by atoms with Crippen LogP contribution in [-0.4, -0.2) is 16.7 Å². The minimum Gasteiger partial charge on any atom is -0.311 e.